The number of aliphatic hydroxyl groups excluding tert-OH is 1. The molecule has 0 aromatic rings. The first-order chi connectivity index (χ1) is 7.14. The van der Waals surface area contributed by atoms with Gasteiger partial charge in [-0.2, -0.15) is 5.26 Å². The fourth-order valence-corrected chi connectivity index (χ4v) is 2.50. The summed E-state index contributed by atoms with van der Waals surface area (Å²) in [5.74, 6) is 0.345. The molecule has 1 N–H and O–H groups in total. The number of rotatable bonds is 3. The lowest BCUT2D eigenvalue weighted by Crippen LogP contribution is -2.36. The third-order valence-electron chi connectivity index (χ3n) is 3.99. The van der Waals surface area contributed by atoms with Gasteiger partial charge in [-0.05, 0) is 32.1 Å². The molecule has 1 saturated carbocycles. The lowest BCUT2D eigenvalue weighted by Gasteiger charge is -2.32. The molecule has 0 aliphatic heterocycles. The number of nitrogens with zero attached hydrogens (tertiary/aromatic N) is 1. The Morgan fingerprint density at radius 2 is 1.87 bits per heavy atom. The van der Waals surface area contributed by atoms with E-state index in [4.69, 9.17) is 5.26 Å². The molecule has 0 saturated heterocycles. The molecular weight excluding hydrogens is 186 g/mol. The van der Waals surface area contributed by atoms with Crippen LogP contribution in [0.15, 0.2) is 0 Å². The van der Waals surface area contributed by atoms with Crippen LogP contribution in [0.4, 0.5) is 0 Å². The van der Waals surface area contributed by atoms with Gasteiger partial charge in [-0.3, -0.25) is 0 Å². The summed E-state index contributed by atoms with van der Waals surface area (Å²) in [4.78, 5) is 0. The number of nitriles is 1. The van der Waals surface area contributed by atoms with Crippen LogP contribution in [-0.4, -0.2) is 11.2 Å². The summed E-state index contributed by atoms with van der Waals surface area (Å²) in [7, 11) is 0. The fourth-order valence-electron chi connectivity index (χ4n) is 2.50. The molecular formula is C13H23NO. The van der Waals surface area contributed by atoms with Crippen LogP contribution in [0, 0.1) is 22.7 Å². The van der Waals surface area contributed by atoms with Gasteiger partial charge in [0, 0.05) is 0 Å². The van der Waals surface area contributed by atoms with Crippen LogP contribution in [0.1, 0.15) is 58.8 Å². The Hall–Kier alpha value is -0.550. The lowest BCUT2D eigenvalue weighted by atomic mass is 9.75. The van der Waals surface area contributed by atoms with Crippen molar-refractivity contribution in [2.75, 3.05) is 0 Å². The van der Waals surface area contributed by atoms with E-state index in [2.05, 4.69) is 6.07 Å². The van der Waals surface area contributed by atoms with Gasteiger partial charge >= 0.3 is 0 Å². The van der Waals surface area contributed by atoms with Gasteiger partial charge < -0.3 is 5.11 Å². The van der Waals surface area contributed by atoms with Crippen LogP contribution < -0.4 is 0 Å². The molecule has 2 unspecified atom stereocenters. The maximum Gasteiger partial charge on any atom is 0.0804 e. The molecule has 2 nitrogen and oxygen atoms in total. The van der Waals surface area contributed by atoms with Crippen LogP contribution >= 0.6 is 0 Å². The zero-order valence-electron chi connectivity index (χ0n) is 10.00. The van der Waals surface area contributed by atoms with Gasteiger partial charge in [0.05, 0.1) is 17.6 Å². The standard InChI is InChI=1S/C13H23NO/c1-3-13(2,10-14)12(15)11-8-6-4-5-7-9-11/h11-12,15H,3-9H2,1-2H3. The second-order valence-electron chi connectivity index (χ2n) is 5.08. The summed E-state index contributed by atoms with van der Waals surface area (Å²) in [6.45, 7) is 3.88. The molecule has 0 spiro atoms. The highest BCUT2D eigenvalue weighted by Gasteiger charge is 2.36. The van der Waals surface area contributed by atoms with Gasteiger partial charge in [0.25, 0.3) is 0 Å². The molecule has 0 radical (unpaired) electrons. The predicted molar refractivity (Wildman–Crippen MR) is 61.2 cm³/mol. The van der Waals surface area contributed by atoms with E-state index in [1.165, 1.54) is 25.7 Å². The van der Waals surface area contributed by atoms with Crippen molar-refractivity contribution in [3.8, 4) is 6.07 Å². The summed E-state index contributed by atoms with van der Waals surface area (Å²) in [6, 6.07) is 2.30. The molecule has 15 heavy (non-hydrogen) atoms. The van der Waals surface area contributed by atoms with E-state index in [-0.39, 0.29) is 0 Å². The Kier molecular flexibility index (Phi) is 4.60. The predicted octanol–water partition coefficient (Wildman–Crippen LogP) is 3.26. The van der Waals surface area contributed by atoms with Crippen LogP contribution in [0.5, 0.6) is 0 Å². The molecule has 0 amide bonds. The fraction of sp³-hybridized carbons (Fsp3) is 0.923. The summed E-state index contributed by atoms with van der Waals surface area (Å²) in [5.41, 5.74) is -0.547. The minimum absolute atomic E-state index is 0.345. The van der Waals surface area contributed by atoms with Crippen LogP contribution in [-0.2, 0) is 0 Å². The van der Waals surface area contributed by atoms with Gasteiger partial charge in [0.1, 0.15) is 0 Å². The molecule has 1 fully saturated rings. The maximum atomic E-state index is 10.3. The third kappa shape index (κ3) is 2.95. The Balaban J connectivity index is 2.65. The molecule has 1 aliphatic rings. The molecule has 86 valence electrons. The van der Waals surface area contributed by atoms with E-state index < -0.39 is 11.5 Å². The zero-order valence-corrected chi connectivity index (χ0v) is 10.00. The molecule has 1 aliphatic carbocycles. The smallest absolute Gasteiger partial charge is 0.0804 e. The van der Waals surface area contributed by atoms with E-state index in [1.54, 1.807) is 0 Å². The minimum atomic E-state index is -0.547. The van der Waals surface area contributed by atoms with E-state index in [1.807, 2.05) is 13.8 Å². The van der Waals surface area contributed by atoms with Crippen molar-refractivity contribution in [2.45, 2.75) is 64.9 Å². The van der Waals surface area contributed by atoms with Crippen molar-refractivity contribution < 1.29 is 5.11 Å². The van der Waals surface area contributed by atoms with Gasteiger partial charge in [-0.25, -0.2) is 0 Å². The molecule has 0 heterocycles. The average molecular weight is 209 g/mol. The number of hydrogen-bond acceptors (Lipinski definition) is 2. The highest BCUT2D eigenvalue weighted by molar-refractivity contribution is 5.01. The second kappa shape index (κ2) is 5.51. The first-order valence-corrected chi connectivity index (χ1v) is 6.23. The topological polar surface area (TPSA) is 44.0 Å². The highest BCUT2D eigenvalue weighted by atomic mass is 16.3. The molecule has 1 rings (SSSR count). The SMILES string of the molecule is CCC(C)(C#N)C(O)C1CCCCCC1. The first kappa shape index (κ1) is 12.5. The van der Waals surface area contributed by atoms with Gasteiger partial charge in [-0.1, -0.05) is 32.6 Å². The van der Waals surface area contributed by atoms with Crippen molar-refractivity contribution >= 4 is 0 Å². The Bertz CT molecular complexity index is 225. The normalized spacial score (nSPS) is 24.9. The van der Waals surface area contributed by atoms with Crippen molar-refractivity contribution in [3.63, 3.8) is 0 Å². The average Bonchev–Trinajstić information content (AvgIpc) is 2.55. The van der Waals surface area contributed by atoms with E-state index >= 15 is 0 Å². The van der Waals surface area contributed by atoms with E-state index in [0.29, 0.717) is 5.92 Å². The van der Waals surface area contributed by atoms with E-state index in [9.17, 15) is 5.11 Å². The number of aliphatic hydroxyl groups is 1. The number of hydrogen-bond donors (Lipinski definition) is 1. The molecule has 0 bridgehead atoms. The highest BCUT2D eigenvalue weighted by Crippen LogP contribution is 2.35. The van der Waals surface area contributed by atoms with Crippen molar-refractivity contribution in [1.82, 2.24) is 0 Å². The summed E-state index contributed by atoms with van der Waals surface area (Å²) in [6.07, 6.45) is 7.50. The largest absolute Gasteiger partial charge is 0.391 e. The second-order valence-corrected chi connectivity index (χ2v) is 5.08. The summed E-state index contributed by atoms with van der Waals surface area (Å²) < 4.78 is 0. The maximum absolute atomic E-state index is 10.3. The van der Waals surface area contributed by atoms with Crippen molar-refractivity contribution in [3.05, 3.63) is 0 Å². The molecule has 2 heteroatoms. The van der Waals surface area contributed by atoms with Crippen LogP contribution in [0.25, 0.3) is 0 Å². The zero-order chi connectivity index (χ0) is 11.3. The lowest BCUT2D eigenvalue weighted by molar-refractivity contribution is 0.0141. The van der Waals surface area contributed by atoms with Gasteiger partial charge in [0.15, 0.2) is 0 Å². The van der Waals surface area contributed by atoms with Crippen molar-refractivity contribution in [1.29, 1.82) is 5.26 Å². The van der Waals surface area contributed by atoms with Gasteiger partial charge in [-0.15, -0.1) is 0 Å². The Morgan fingerprint density at radius 3 is 2.27 bits per heavy atom. The quantitative estimate of drug-likeness (QED) is 0.725. The van der Waals surface area contributed by atoms with E-state index in [0.717, 1.165) is 19.3 Å². The van der Waals surface area contributed by atoms with Crippen molar-refractivity contribution in [2.24, 2.45) is 11.3 Å². The summed E-state index contributed by atoms with van der Waals surface area (Å²) >= 11 is 0. The minimum Gasteiger partial charge on any atom is -0.391 e. The molecule has 0 aromatic carbocycles. The van der Waals surface area contributed by atoms with Gasteiger partial charge in [0.2, 0.25) is 0 Å². The van der Waals surface area contributed by atoms with Crippen LogP contribution in [0.2, 0.25) is 0 Å². The Labute approximate surface area is 93.3 Å². The molecule has 2 atom stereocenters. The third-order valence-corrected chi connectivity index (χ3v) is 3.99. The van der Waals surface area contributed by atoms with Crippen LogP contribution in [0.3, 0.4) is 0 Å². The Morgan fingerprint density at radius 1 is 1.33 bits per heavy atom. The first-order valence-electron chi connectivity index (χ1n) is 6.23. The molecule has 0 aromatic heterocycles. The monoisotopic (exact) mass is 209 g/mol. The summed E-state index contributed by atoms with van der Waals surface area (Å²) in [5, 5.41) is 19.4.